The van der Waals surface area contributed by atoms with Crippen LogP contribution in [0.4, 0.5) is 0 Å². The summed E-state index contributed by atoms with van der Waals surface area (Å²) in [4.78, 5) is 0. The molecule has 2 N–H and O–H groups in total. The third kappa shape index (κ3) is 2.67. The fourth-order valence-electron chi connectivity index (χ4n) is 3.77. The molecule has 3 aliphatic rings. The predicted octanol–water partition coefficient (Wildman–Crippen LogP) is 1.98. The second-order valence-corrected chi connectivity index (χ2v) is 6.27. The van der Waals surface area contributed by atoms with Crippen LogP contribution < -0.4 is 5.32 Å². The fourth-order valence-corrected chi connectivity index (χ4v) is 3.77. The summed E-state index contributed by atoms with van der Waals surface area (Å²) in [6, 6.07) is 1.19. The van der Waals surface area contributed by atoms with Crippen LogP contribution in [0, 0.1) is 0 Å². The summed E-state index contributed by atoms with van der Waals surface area (Å²) in [5, 5.41) is 13.0. The van der Waals surface area contributed by atoms with Gasteiger partial charge in [0.1, 0.15) is 0 Å². The third-order valence-electron chi connectivity index (χ3n) is 4.84. The molecule has 0 aromatic carbocycles. The van der Waals surface area contributed by atoms with Crippen molar-refractivity contribution >= 4 is 0 Å². The first kappa shape index (κ1) is 11.9. The first-order valence-electron chi connectivity index (χ1n) is 7.34. The van der Waals surface area contributed by atoms with E-state index in [9.17, 15) is 5.11 Å². The zero-order chi connectivity index (χ0) is 11.7. The van der Waals surface area contributed by atoms with Gasteiger partial charge in [-0.1, -0.05) is 19.3 Å². The number of nitrogens with one attached hydrogen (secondary N) is 1. The highest BCUT2D eigenvalue weighted by molar-refractivity contribution is 4.95. The van der Waals surface area contributed by atoms with Crippen molar-refractivity contribution in [2.45, 2.75) is 81.6 Å². The number of hydrogen-bond acceptors (Lipinski definition) is 3. The smallest absolute Gasteiger partial charge is 0.0697 e. The van der Waals surface area contributed by atoms with E-state index in [0.29, 0.717) is 12.1 Å². The predicted molar refractivity (Wildman–Crippen MR) is 67.0 cm³/mol. The van der Waals surface area contributed by atoms with Gasteiger partial charge in [-0.2, -0.15) is 0 Å². The maximum Gasteiger partial charge on any atom is 0.0697 e. The molecule has 1 spiro atoms. The number of hydrogen-bond donors (Lipinski definition) is 2. The molecule has 3 heteroatoms. The molecule has 1 unspecified atom stereocenters. The molecular weight excluding hydrogens is 214 g/mol. The van der Waals surface area contributed by atoms with Gasteiger partial charge in [0.2, 0.25) is 0 Å². The van der Waals surface area contributed by atoms with Crippen LogP contribution in [0.3, 0.4) is 0 Å². The molecule has 3 nitrogen and oxygen atoms in total. The molecule has 2 saturated carbocycles. The lowest BCUT2D eigenvalue weighted by Crippen LogP contribution is -2.54. The molecule has 0 radical (unpaired) electrons. The van der Waals surface area contributed by atoms with E-state index in [1.807, 2.05) is 0 Å². The van der Waals surface area contributed by atoms with E-state index in [1.165, 1.54) is 38.5 Å². The van der Waals surface area contributed by atoms with Crippen molar-refractivity contribution in [3.8, 4) is 0 Å². The molecule has 0 bridgehead atoms. The van der Waals surface area contributed by atoms with Crippen LogP contribution >= 0.6 is 0 Å². The van der Waals surface area contributed by atoms with Gasteiger partial charge in [-0.25, -0.2) is 0 Å². The van der Waals surface area contributed by atoms with Crippen LogP contribution in [-0.4, -0.2) is 35.5 Å². The van der Waals surface area contributed by atoms with Crippen molar-refractivity contribution in [2.75, 3.05) is 6.61 Å². The Balaban J connectivity index is 1.52. The second-order valence-electron chi connectivity index (χ2n) is 6.27. The van der Waals surface area contributed by atoms with Crippen LogP contribution in [0.25, 0.3) is 0 Å². The van der Waals surface area contributed by atoms with Crippen molar-refractivity contribution in [1.82, 2.24) is 5.32 Å². The minimum atomic E-state index is -0.0454. The summed E-state index contributed by atoms with van der Waals surface area (Å²) in [7, 11) is 0. The molecular formula is C14H25NO2. The Hall–Kier alpha value is -0.120. The zero-order valence-corrected chi connectivity index (χ0v) is 10.7. The molecule has 2 aliphatic carbocycles. The molecule has 3 rings (SSSR count). The topological polar surface area (TPSA) is 41.5 Å². The molecule has 0 aromatic heterocycles. The molecule has 1 aliphatic heterocycles. The van der Waals surface area contributed by atoms with Gasteiger partial charge in [0, 0.05) is 18.7 Å². The van der Waals surface area contributed by atoms with Gasteiger partial charge in [0.25, 0.3) is 0 Å². The van der Waals surface area contributed by atoms with Crippen LogP contribution in [0.1, 0.15) is 57.8 Å². The Labute approximate surface area is 104 Å². The quantitative estimate of drug-likeness (QED) is 0.774. The van der Waals surface area contributed by atoms with E-state index in [4.69, 9.17) is 4.74 Å². The van der Waals surface area contributed by atoms with Gasteiger partial charge in [-0.3, -0.25) is 0 Å². The van der Waals surface area contributed by atoms with Crippen LogP contribution in [0.15, 0.2) is 0 Å². The minimum Gasteiger partial charge on any atom is -0.393 e. The van der Waals surface area contributed by atoms with Gasteiger partial charge >= 0.3 is 0 Å². The van der Waals surface area contributed by atoms with E-state index < -0.39 is 0 Å². The van der Waals surface area contributed by atoms with Crippen LogP contribution in [-0.2, 0) is 4.74 Å². The SMILES string of the molecule is OC1CC(NC2CCOC3(CCCCC3)C2)C1. The highest BCUT2D eigenvalue weighted by Crippen LogP contribution is 2.39. The second kappa shape index (κ2) is 4.87. The average Bonchev–Trinajstić information content (AvgIpc) is 2.28. The molecule has 98 valence electrons. The summed E-state index contributed by atoms with van der Waals surface area (Å²) in [5.41, 5.74) is 0.205. The normalized spacial score (nSPS) is 41.1. The standard InChI is InChI=1S/C14H25NO2/c16-13-8-12(9-13)15-11-4-7-17-14(10-11)5-2-1-3-6-14/h11-13,15-16H,1-10H2. The summed E-state index contributed by atoms with van der Waals surface area (Å²) >= 11 is 0. The minimum absolute atomic E-state index is 0.0454. The molecule has 1 atom stereocenters. The Bertz CT molecular complexity index is 251. The van der Waals surface area contributed by atoms with Crippen molar-refractivity contribution in [3.05, 3.63) is 0 Å². The van der Waals surface area contributed by atoms with Crippen molar-refractivity contribution < 1.29 is 9.84 Å². The largest absolute Gasteiger partial charge is 0.393 e. The lowest BCUT2D eigenvalue weighted by Gasteiger charge is -2.45. The Kier molecular flexibility index (Phi) is 3.42. The van der Waals surface area contributed by atoms with Crippen molar-refractivity contribution in [1.29, 1.82) is 0 Å². The summed E-state index contributed by atoms with van der Waals surface area (Å²) in [5.74, 6) is 0. The summed E-state index contributed by atoms with van der Waals surface area (Å²) in [6.07, 6.45) is 10.8. The van der Waals surface area contributed by atoms with E-state index in [0.717, 1.165) is 25.9 Å². The van der Waals surface area contributed by atoms with Gasteiger partial charge < -0.3 is 15.2 Å². The maximum absolute atomic E-state index is 9.33. The van der Waals surface area contributed by atoms with Crippen molar-refractivity contribution in [3.63, 3.8) is 0 Å². The first-order valence-corrected chi connectivity index (χ1v) is 7.34. The molecule has 1 saturated heterocycles. The molecule has 3 fully saturated rings. The number of aliphatic hydroxyl groups is 1. The number of ether oxygens (including phenoxy) is 1. The lowest BCUT2D eigenvalue weighted by atomic mass is 9.77. The monoisotopic (exact) mass is 239 g/mol. The fraction of sp³-hybridized carbons (Fsp3) is 1.00. The highest BCUT2D eigenvalue weighted by Gasteiger charge is 2.39. The summed E-state index contributed by atoms with van der Waals surface area (Å²) < 4.78 is 6.10. The molecule has 17 heavy (non-hydrogen) atoms. The Morgan fingerprint density at radius 3 is 2.53 bits per heavy atom. The van der Waals surface area contributed by atoms with E-state index in [-0.39, 0.29) is 11.7 Å². The first-order chi connectivity index (χ1) is 8.26. The maximum atomic E-state index is 9.33. The van der Waals surface area contributed by atoms with E-state index >= 15 is 0 Å². The van der Waals surface area contributed by atoms with E-state index in [1.54, 1.807) is 0 Å². The Morgan fingerprint density at radius 2 is 1.82 bits per heavy atom. The lowest BCUT2D eigenvalue weighted by molar-refractivity contribution is -0.112. The summed E-state index contributed by atoms with van der Waals surface area (Å²) in [6.45, 7) is 0.924. The van der Waals surface area contributed by atoms with Gasteiger partial charge in [-0.15, -0.1) is 0 Å². The van der Waals surface area contributed by atoms with Gasteiger partial charge in [0.05, 0.1) is 11.7 Å². The molecule has 0 aromatic rings. The highest BCUT2D eigenvalue weighted by atomic mass is 16.5. The number of rotatable bonds is 2. The average molecular weight is 239 g/mol. The van der Waals surface area contributed by atoms with Crippen LogP contribution in [0.2, 0.25) is 0 Å². The molecule has 1 heterocycles. The van der Waals surface area contributed by atoms with E-state index in [2.05, 4.69) is 5.32 Å². The molecule has 0 amide bonds. The van der Waals surface area contributed by atoms with Gasteiger partial charge in [0.15, 0.2) is 0 Å². The Morgan fingerprint density at radius 1 is 1.06 bits per heavy atom. The number of aliphatic hydroxyl groups excluding tert-OH is 1. The zero-order valence-electron chi connectivity index (χ0n) is 10.7. The van der Waals surface area contributed by atoms with Gasteiger partial charge in [-0.05, 0) is 38.5 Å². The van der Waals surface area contributed by atoms with Crippen LogP contribution in [0.5, 0.6) is 0 Å². The third-order valence-corrected chi connectivity index (χ3v) is 4.84. The van der Waals surface area contributed by atoms with Crippen molar-refractivity contribution in [2.24, 2.45) is 0 Å².